The summed E-state index contributed by atoms with van der Waals surface area (Å²) in [5.74, 6) is -0.0562. The van der Waals surface area contributed by atoms with E-state index < -0.39 is 10.0 Å². The highest BCUT2D eigenvalue weighted by atomic mass is 35.5. The van der Waals surface area contributed by atoms with Crippen LogP contribution in [0, 0.1) is 5.41 Å². The Bertz CT molecular complexity index is 752. The molecule has 1 fully saturated rings. The molecule has 5 N–H and O–H groups in total. The lowest BCUT2D eigenvalue weighted by molar-refractivity contribution is -0.127. The second kappa shape index (κ2) is 8.87. The predicted molar refractivity (Wildman–Crippen MR) is 109 cm³/mol. The maximum Gasteiger partial charge on any atom is 0.238 e. The number of piperidine rings is 1. The smallest absolute Gasteiger partial charge is 0.238 e. The van der Waals surface area contributed by atoms with Crippen LogP contribution in [-0.2, 0) is 14.8 Å². The van der Waals surface area contributed by atoms with Gasteiger partial charge in [-0.3, -0.25) is 9.69 Å². The molecular formula is C18H31ClN4O3S. The molecule has 0 bridgehead atoms. The van der Waals surface area contributed by atoms with Gasteiger partial charge in [0.1, 0.15) is 0 Å². The van der Waals surface area contributed by atoms with E-state index in [1.165, 1.54) is 12.1 Å². The van der Waals surface area contributed by atoms with Crippen molar-refractivity contribution in [1.82, 2.24) is 10.2 Å². The summed E-state index contributed by atoms with van der Waals surface area (Å²) in [4.78, 5) is 14.9. The van der Waals surface area contributed by atoms with Crippen molar-refractivity contribution in [2.45, 2.75) is 57.1 Å². The second-order valence-corrected chi connectivity index (χ2v) is 9.44. The van der Waals surface area contributed by atoms with Crippen LogP contribution in [0.1, 0.15) is 45.7 Å². The molecule has 154 valence electrons. The van der Waals surface area contributed by atoms with Gasteiger partial charge in [0.05, 0.1) is 17.0 Å². The zero-order valence-corrected chi connectivity index (χ0v) is 17.9. The second-order valence-electron chi connectivity index (χ2n) is 7.87. The van der Waals surface area contributed by atoms with Gasteiger partial charge in [0, 0.05) is 19.1 Å². The summed E-state index contributed by atoms with van der Waals surface area (Å²) >= 11 is 0. The number of hydrogen-bond acceptors (Lipinski definition) is 5. The summed E-state index contributed by atoms with van der Waals surface area (Å²) in [6.07, 6.45) is 0.870. The monoisotopic (exact) mass is 418 g/mol. The molecular weight excluding hydrogens is 388 g/mol. The number of nitrogens with two attached hydrogens (primary N) is 2. The maximum atomic E-state index is 12.6. The third-order valence-corrected chi connectivity index (χ3v) is 6.27. The first-order valence-electron chi connectivity index (χ1n) is 8.84. The molecule has 1 aromatic carbocycles. The highest BCUT2D eigenvalue weighted by molar-refractivity contribution is 7.89. The third kappa shape index (κ3) is 5.89. The number of nitrogens with one attached hydrogen (secondary N) is 1. The number of halogens is 1. The van der Waals surface area contributed by atoms with Gasteiger partial charge in [-0.2, -0.15) is 0 Å². The maximum absolute atomic E-state index is 12.6. The van der Waals surface area contributed by atoms with Crippen LogP contribution < -0.4 is 16.2 Å². The van der Waals surface area contributed by atoms with E-state index in [1.54, 1.807) is 12.1 Å². The van der Waals surface area contributed by atoms with E-state index in [1.807, 2.05) is 13.8 Å². The van der Waals surface area contributed by atoms with Crippen LogP contribution in [0.3, 0.4) is 0 Å². The molecule has 27 heavy (non-hydrogen) atoms. The van der Waals surface area contributed by atoms with Gasteiger partial charge >= 0.3 is 0 Å². The number of carbonyl (C=O) groups excluding carboxylic acids is 1. The fraction of sp³-hybridized carbons (Fsp3) is 0.611. The Morgan fingerprint density at radius 1 is 1.26 bits per heavy atom. The molecule has 0 aromatic heterocycles. The molecule has 3 atom stereocenters. The number of rotatable bonds is 5. The Kier molecular flexibility index (Phi) is 7.84. The molecule has 2 rings (SSSR count). The number of primary sulfonamides is 1. The van der Waals surface area contributed by atoms with Crippen molar-refractivity contribution in [2.75, 3.05) is 13.1 Å². The fourth-order valence-corrected chi connectivity index (χ4v) is 3.79. The van der Waals surface area contributed by atoms with Crippen LogP contribution in [0.4, 0.5) is 0 Å². The summed E-state index contributed by atoms with van der Waals surface area (Å²) in [6, 6.07) is 5.88. The lowest BCUT2D eigenvalue weighted by Gasteiger charge is -2.44. The van der Waals surface area contributed by atoms with Gasteiger partial charge in [-0.1, -0.05) is 26.0 Å². The Labute approximate surface area is 168 Å². The van der Waals surface area contributed by atoms with Gasteiger partial charge in [0.2, 0.25) is 15.9 Å². The Morgan fingerprint density at radius 3 is 2.30 bits per heavy atom. The van der Waals surface area contributed by atoms with Gasteiger partial charge in [-0.05, 0) is 43.4 Å². The molecule has 0 radical (unpaired) electrons. The van der Waals surface area contributed by atoms with Crippen molar-refractivity contribution in [3.05, 3.63) is 29.8 Å². The molecule has 1 aliphatic rings. The number of likely N-dealkylation sites (tertiary alicyclic amines) is 1. The highest BCUT2D eigenvalue weighted by Crippen LogP contribution is 2.29. The molecule has 0 saturated carbocycles. The minimum atomic E-state index is -3.72. The zero-order valence-electron chi connectivity index (χ0n) is 16.3. The number of sulfonamides is 1. The highest BCUT2D eigenvalue weighted by Gasteiger charge is 2.36. The largest absolute Gasteiger partial charge is 0.348 e. The molecule has 1 amide bonds. The van der Waals surface area contributed by atoms with Crippen molar-refractivity contribution >= 4 is 28.3 Å². The Hall–Kier alpha value is -1.19. The average Bonchev–Trinajstić information content (AvgIpc) is 2.55. The molecule has 1 aromatic rings. The molecule has 1 heterocycles. The summed E-state index contributed by atoms with van der Waals surface area (Å²) in [5, 5.41) is 8.10. The van der Waals surface area contributed by atoms with Gasteiger partial charge in [-0.25, -0.2) is 13.6 Å². The first kappa shape index (κ1) is 23.8. The topological polar surface area (TPSA) is 119 Å². The molecule has 1 saturated heterocycles. The van der Waals surface area contributed by atoms with Gasteiger partial charge < -0.3 is 11.1 Å². The standard InChI is InChI=1S/C18H30N4O3S.ClH/c1-12(14-5-7-15(8-6-14)26(20,24)25)21-17(23)13(2)22-10-9-16(19)18(3,4)11-22;/h5-8,12-13,16H,9-11,19H2,1-4H3,(H,21,23)(H2,20,24,25);1H. The minimum absolute atomic E-state index is 0. The van der Waals surface area contributed by atoms with E-state index in [2.05, 4.69) is 24.1 Å². The zero-order chi connectivity index (χ0) is 19.7. The summed E-state index contributed by atoms with van der Waals surface area (Å²) in [5.41, 5.74) is 6.96. The summed E-state index contributed by atoms with van der Waals surface area (Å²) < 4.78 is 22.7. The number of amides is 1. The van der Waals surface area contributed by atoms with Crippen LogP contribution in [0.5, 0.6) is 0 Å². The Morgan fingerprint density at radius 2 is 1.81 bits per heavy atom. The van der Waals surface area contributed by atoms with Crippen molar-refractivity contribution in [1.29, 1.82) is 0 Å². The normalized spacial score (nSPS) is 22.4. The van der Waals surface area contributed by atoms with Gasteiger partial charge in [0.25, 0.3) is 0 Å². The summed E-state index contributed by atoms with van der Waals surface area (Å²) in [7, 11) is -3.72. The lowest BCUT2D eigenvalue weighted by Crippen LogP contribution is -2.57. The van der Waals surface area contributed by atoms with E-state index >= 15 is 0 Å². The van der Waals surface area contributed by atoms with Crippen LogP contribution in [-0.4, -0.2) is 44.4 Å². The number of benzene rings is 1. The van der Waals surface area contributed by atoms with Crippen molar-refractivity contribution in [2.24, 2.45) is 16.3 Å². The quantitative estimate of drug-likeness (QED) is 0.667. The first-order chi connectivity index (χ1) is 11.9. The van der Waals surface area contributed by atoms with Crippen LogP contribution in [0.25, 0.3) is 0 Å². The minimum Gasteiger partial charge on any atom is -0.348 e. The van der Waals surface area contributed by atoms with Crippen molar-refractivity contribution in [3.8, 4) is 0 Å². The van der Waals surface area contributed by atoms with E-state index in [9.17, 15) is 13.2 Å². The molecule has 7 nitrogen and oxygen atoms in total. The molecule has 0 spiro atoms. The first-order valence-corrected chi connectivity index (χ1v) is 10.4. The number of nitrogens with zero attached hydrogens (tertiary/aromatic N) is 1. The lowest BCUT2D eigenvalue weighted by atomic mass is 9.79. The van der Waals surface area contributed by atoms with Crippen LogP contribution in [0.15, 0.2) is 29.2 Å². The molecule has 1 aliphatic heterocycles. The molecule has 9 heteroatoms. The van der Waals surface area contributed by atoms with E-state index in [-0.39, 0.29) is 46.8 Å². The molecule has 0 aliphatic carbocycles. The van der Waals surface area contributed by atoms with Crippen LogP contribution >= 0.6 is 12.4 Å². The average molecular weight is 419 g/mol. The van der Waals surface area contributed by atoms with E-state index in [4.69, 9.17) is 10.9 Å². The number of carbonyl (C=O) groups is 1. The van der Waals surface area contributed by atoms with Crippen molar-refractivity contribution < 1.29 is 13.2 Å². The predicted octanol–water partition coefficient (Wildman–Crippen LogP) is 1.38. The van der Waals surface area contributed by atoms with Crippen molar-refractivity contribution in [3.63, 3.8) is 0 Å². The van der Waals surface area contributed by atoms with Gasteiger partial charge in [0.15, 0.2) is 0 Å². The van der Waals surface area contributed by atoms with E-state index in [0.717, 1.165) is 25.1 Å². The van der Waals surface area contributed by atoms with Crippen LogP contribution in [0.2, 0.25) is 0 Å². The SMILES string of the molecule is CC(NC(=O)C(C)N1CCC(N)C(C)(C)C1)c1ccc(S(N)(=O)=O)cc1.Cl. The summed E-state index contributed by atoms with van der Waals surface area (Å²) in [6.45, 7) is 9.61. The number of hydrogen-bond donors (Lipinski definition) is 3. The van der Waals surface area contributed by atoms with E-state index in [0.29, 0.717) is 0 Å². The van der Waals surface area contributed by atoms with Gasteiger partial charge in [-0.15, -0.1) is 12.4 Å². The Balaban J connectivity index is 0.00000364. The third-order valence-electron chi connectivity index (χ3n) is 5.34. The molecule has 3 unspecified atom stereocenters. The fourth-order valence-electron chi connectivity index (χ4n) is 3.28.